The molecule has 4 aromatic rings. The number of methoxy groups -OCH3 is 1. The SMILES string of the molecule is COc1ccc2c(Cc3cc(C)c(O)c(C)c3)cn(S(=O)(=O)c3ccc(C)cc3)c2c1. The van der Waals surface area contributed by atoms with Crippen LogP contribution in [0.4, 0.5) is 0 Å². The first-order valence-corrected chi connectivity index (χ1v) is 11.4. The van der Waals surface area contributed by atoms with Crippen LogP contribution in [0.15, 0.2) is 65.7 Å². The fourth-order valence-electron chi connectivity index (χ4n) is 3.90. The number of fused-ring (bicyclic) bond motifs is 1. The molecule has 0 saturated heterocycles. The molecule has 0 spiro atoms. The number of aryl methyl sites for hydroxylation is 3. The van der Waals surface area contributed by atoms with E-state index in [1.807, 2.05) is 45.0 Å². The van der Waals surface area contributed by atoms with Gasteiger partial charge in [-0.25, -0.2) is 12.4 Å². The van der Waals surface area contributed by atoms with E-state index in [1.165, 1.54) is 3.97 Å². The molecule has 0 unspecified atom stereocenters. The van der Waals surface area contributed by atoms with E-state index in [2.05, 4.69) is 0 Å². The molecule has 6 heteroatoms. The summed E-state index contributed by atoms with van der Waals surface area (Å²) in [5, 5.41) is 10.9. The Balaban J connectivity index is 1.89. The molecule has 0 fully saturated rings. The van der Waals surface area contributed by atoms with Gasteiger partial charge in [0.25, 0.3) is 10.0 Å². The first-order valence-electron chi connectivity index (χ1n) is 10.00. The van der Waals surface area contributed by atoms with Gasteiger partial charge in [-0.15, -0.1) is 0 Å². The monoisotopic (exact) mass is 435 g/mol. The van der Waals surface area contributed by atoms with Crippen LogP contribution < -0.4 is 4.74 Å². The van der Waals surface area contributed by atoms with Crippen LogP contribution in [0.5, 0.6) is 11.5 Å². The van der Waals surface area contributed by atoms with Crippen LogP contribution >= 0.6 is 0 Å². The molecule has 0 radical (unpaired) electrons. The highest BCUT2D eigenvalue weighted by molar-refractivity contribution is 7.90. The topological polar surface area (TPSA) is 68.5 Å². The van der Waals surface area contributed by atoms with Gasteiger partial charge in [0, 0.05) is 17.6 Å². The van der Waals surface area contributed by atoms with Crippen molar-refractivity contribution >= 4 is 20.9 Å². The molecule has 0 amide bonds. The molecule has 160 valence electrons. The van der Waals surface area contributed by atoms with Gasteiger partial charge in [-0.05, 0) is 73.7 Å². The quantitative estimate of drug-likeness (QED) is 0.473. The summed E-state index contributed by atoms with van der Waals surface area (Å²) >= 11 is 0. The van der Waals surface area contributed by atoms with Gasteiger partial charge < -0.3 is 9.84 Å². The number of ether oxygens (including phenoxy) is 1. The van der Waals surface area contributed by atoms with E-state index in [9.17, 15) is 13.5 Å². The standard InChI is InChI=1S/C25H25NO4S/c1-16-5-8-22(9-6-16)31(28,29)26-15-20(23-10-7-21(30-4)14-24(23)26)13-19-11-17(2)25(27)18(3)12-19/h5-12,14-15,27H,13H2,1-4H3. The van der Waals surface area contributed by atoms with Crippen molar-refractivity contribution in [3.63, 3.8) is 0 Å². The normalized spacial score (nSPS) is 11.7. The lowest BCUT2D eigenvalue weighted by molar-refractivity contribution is 0.415. The second-order valence-corrected chi connectivity index (χ2v) is 9.72. The summed E-state index contributed by atoms with van der Waals surface area (Å²) in [5.41, 5.74) is 5.06. The Bertz CT molecular complexity index is 1360. The molecule has 1 aromatic heterocycles. The molecule has 0 bridgehead atoms. The van der Waals surface area contributed by atoms with Crippen molar-refractivity contribution in [1.29, 1.82) is 0 Å². The molecule has 3 aromatic carbocycles. The number of benzene rings is 3. The summed E-state index contributed by atoms with van der Waals surface area (Å²) in [5.74, 6) is 0.881. The lowest BCUT2D eigenvalue weighted by Gasteiger charge is -2.08. The molecule has 4 rings (SSSR count). The maximum absolute atomic E-state index is 13.5. The minimum Gasteiger partial charge on any atom is -0.507 e. The number of phenols is 1. The molecule has 0 aliphatic carbocycles. The predicted molar refractivity (Wildman–Crippen MR) is 123 cm³/mol. The molecule has 5 nitrogen and oxygen atoms in total. The van der Waals surface area contributed by atoms with Crippen molar-refractivity contribution in [2.45, 2.75) is 32.1 Å². The average Bonchev–Trinajstić information content (AvgIpc) is 3.10. The van der Waals surface area contributed by atoms with Gasteiger partial charge in [-0.2, -0.15) is 0 Å². The molecule has 0 atom stereocenters. The van der Waals surface area contributed by atoms with E-state index < -0.39 is 10.0 Å². The third-order valence-corrected chi connectivity index (χ3v) is 7.27. The summed E-state index contributed by atoms with van der Waals surface area (Å²) in [6.45, 7) is 5.65. The molecule has 1 N–H and O–H groups in total. The number of nitrogens with zero attached hydrogens (tertiary/aromatic N) is 1. The average molecular weight is 436 g/mol. The van der Waals surface area contributed by atoms with Gasteiger partial charge in [0.15, 0.2) is 0 Å². The third kappa shape index (κ3) is 3.79. The highest BCUT2D eigenvalue weighted by Gasteiger charge is 2.22. The number of phenolic OH excluding ortho intramolecular Hbond substituents is 1. The Morgan fingerprint density at radius 3 is 2.19 bits per heavy atom. The van der Waals surface area contributed by atoms with Gasteiger partial charge in [0.1, 0.15) is 11.5 Å². The number of hydrogen-bond acceptors (Lipinski definition) is 4. The van der Waals surface area contributed by atoms with Crippen LogP contribution in [0.25, 0.3) is 10.9 Å². The molecular weight excluding hydrogens is 410 g/mol. The maximum Gasteiger partial charge on any atom is 0.268 e. The maximum atomic E-state index is 13.5. The second-order valence-electron chi connectivity index (χ2n) is 7.91. The highest BCUT2D eigenvalue weighted by atomic mass is 32.2. The van der Waals surface area contributed by atoms with Gasteiger partial charge in [-0.1, -0.05) is 29.8 Å². The van der Waals surface area contributed by atoms with Crippen molar-refractivity contribution < 1.29 is 18.3 Å². The second kappa shape index (κ2) is 7.78. The zero-order valence-electron chi connectivity index (χ0n) is 18.0. The first kappa shape index (κ1) is 21.0. The zero-order chi connectivity index (χ0) is 22.3. The Morgan fingerprint density at radius 1 is 0.935 bits per heavy atom. The van der Waals surface area contributed by atoms with E-state index in [-0.39, 0.29) is 10.6 Å². The van der Waals surface area contributed by atoms with E-state index in [1.54, 1.807) is 43.6 Å². The van der Waals surface area contributed by atoms with Gasteiger partial charge in [-0.3, -0.25) is 0 Å². The Labute approximate surface area is 182 Å². The minimum atomic E-state index is -3.78. The number of rotatable bonds is 5. The van der Waals surface area contributed by atoms with Crippen LogP contribution in [0, 0.1) is 20.8 Å². The van der Waals surface area contributed by atoms with E-state index in [0.717, 1.165) is 33.2 Å². The molecule has 0 aliphatic heterocycles. The molecule has 1 heterocycles. The van der Waals surface area contributed by atoms with Gasteiger partial charge >= 0.3 is 0 Å². The largest absolute Gasteiger partial charge is 0.507 e. The predicted octanol–water partition coefficient (Wildman–Crippen LogP) is 5.11. The zero-order valence-corrected chi connectivity index (χ0v) is 18.8. The van der Waals surface area contributed by atoms with Crippen molar-refractivity contribution in [1.82, 2.24) is 3.97 Å². The lowest BCUT2D eigenvalue weighted by Crippen LogP contribution is -2.11. The van der Waals surface area contributed by atoms with Crippen molar-refractivity contribution in [3.05, 3.63) is 88.6 Å². The Morgan fingerprint density at radius 2 is 1.58 bits per heavy atom. The summed E-state index contributed by atoms with van der Waals surface area (Å²) in [4.78, 5) is 0.237. The highest BCUT2D eigenvalue weighted by Crippen LogP contribution is 2.32. The van der Waals surface area contributed by atoms with E-state index >= 15 is 0 Å². The lowest BCUT2D eigenvalue weighted by atomic mass is 9.99. The summed E-state index contributed by atoms with van der Waals surface area (Å²) in [7, 11) is -2.22. The van der Waals surface area contributed by atoms with E-state index in [4.69, 9.17) is 4.74 Å². The number of aromatic hydroxyl groups is 1. The van der Waals surface area contributed by atoms with Crippen LogP contribution in [0.1, 0.15) is 27.8 Å². The summed E-state index contributed by atoms with van der Waals surface area (Å²) in [6, 6.07) is 16.2. The minimum absolute atomic E-state index is 0.237. The number of hydrogen-bond donors (Lipinski definition) is 1. The van der Waals surface area contributed by atoms with Crippen LogP contribution in [-0.2, 0) is 16.4 Å². The molecular formula is C25H25NO4S. The Kier molecular flexibility index (Phi) is 5.27. The van der Waals surface area contributed by atoms with Crippen LogP contribution in [-0.4, -0.2) is 24.6 Å². The van der Waals surface area contributed by atoms with Crippen LogP contribution in [0.3, 0.4) is 0 Å². The third-order valence-electron chi connectivity index (χ3n) is 5.58. The van der Waals surface area contributed by atoms with Crippen molar-refractivity contribution in [2.75, 3.05) is 7.11 Å². The smallest absolute Gasteiger partial charge is 0.268 e. The van der Waals surface area contributed by atoms with Gasteiger partial charge in [0.2, 0.25) is 0 Å². The summed E-state index contributed by atoms with van der Waals surface area (Å²) < 4.78 is 33.6. The Hall–Kier alpha value is -3.25. The number of aromatic nitrogens is 1. The van der Waals surface area contributed by atoms with E-state index in [0.29, 0.717) is 17.7 Å². The van der Waals surface area contributed by atoms with Crippen molar-refractivity contribution in [2.24, 2.45) is 0 Å². The molecule has 0 aliphatic rings. The first-order chi connectivity index (χ1) is 14.7. The van der Waals surface area contributed by atoms with Crippen LogP contribution in [0.2, 0.25) is 0 Å². The molecule has 0 saturated carbocycles. The fraction of sp³-hybridized carbons (Fsp3) is 0.200. The van der Waals surface area contributed by atoms with Gasteiger partial charge in [0.05, 0.1) is 17.5 Å². The van der Waals surface area contributed by atoms with Crippen molar-refractivity contribution in [3.8, 4) is 11.5 Å². The fourth-order valence-corrected chi connectivity index (χ4v) is 5.29. The summed E-state index contributed by atoms with van der Waals surface area (Å²) in [6.07, 6.45) is 2.23. The molecule has 31 heavy (non-hydrogen) atoms.